The lowest BCUT2D eigenvalue weighted by Gasteiger charge is -2.41. The summed E-state index contributed by atoms with van der Waals surface area (Å²) < 4.78 is 34.3. The van der Waals surface area contributed by atoms with Gasteiger partial charge in [0.25, 0.3) is 0 Å². The predicted octanol–water partition coefficient (Wildman–Crippen LogP) is 12.5. The number of rotatable bonds is 46. The molecular formula is C55H99O12P. The summed E-state index contributed by atoms with van der Waals surface area (Å²) in [5.74, 6) is -0.482. The van der Waals surface area contributed by atoms with Gasteiger partial charge in [0.15, 0.2) is 0 Å². The minimum Gasteiger partial charge on any atom is -0.457 e. The second-order valence-electron chi connectivity index (χ2n) is 18.7. The summed E-state index contributed by atoms with van der Waals surface area (Å²) in [4.78, 5) is 23.3. The molecule has 13 heteroatoms. The van der Waals surface area contributed by atoms with Gasteiger partial charge in [-0.05, 0) is 77.0 Å². The van der Waals surface area contributed by atoms with Gasteiger partial charge in [-0.1, -0.05) is 197 Å². The summed E-state index contributed by atoms with van der Waals surface area (Å²) in [6.07, 6.45) is 45.7. The van der Waals surface area contributed by atoms with E-state index in [-0.39, 0.29) is 13.0 Å². The smallest absolute Gasteiger partial charge is 0.457 e. The molecule has 0 aliphatic heterocycles. The van der Waals surface area contributed by atoms with Crippen molar-refractivity contribution in [3.05, 3.63) is 60.8 Å². The summed E-state index contributed by atoms with van der Waals surface area (Å²) in [6, 6.07) is 0. The lowest BCUT2D eigenvalue weighted by atomic mass is 9.85. The molecule has 6 N–H and O–H groups in total. The van der Waals surface area contributed by atoms with Gasteiger partial charge in [-0.2, -0.15) is 0 Å². The zero-order chi connectivity index (χ0) is 49.8. The van der Waals surface area contributed by atoms with Crippen molar-refractivity contribution in [2.24, 2.45) is 0 Å². The number of hydrogen-bond acceptors (Lipinski definition) is 11. The van der Waals surface area contributed by atoms with Gasteiger partial charge in [-0.15, -0.1) is 0 Å². The zero-order valence-corrected chi connectivity index (χ0v) is 43.5. The first-order chi connectivity index (χ1) is 33.0. The van der Waals surface area contributed by atoms with Gasteiger partial charge in [0.1, 0.15) is 42.7 Å². The third-order valence-corrected chi connectivity index (χ3v) is 13.4. The lowest BCUT2D eigenvalue weighted by Crippen LogP contribution is -2.64. The summed E-state index contributed by atoms with van der Waals surface area (Å²) in [7, 11) is -5.03. The lowest BCUT2D eigenvalue weighted by molar-refractivity contribution is -0.220. The van der Waals surface area contributed by atoms with E-state index < -0.39 is 63.1 Å². The van der Waals surface area contributed by atoms with Crippen LogP contribution >= 0.6 is 7.82 Å². The van der Waals surface area contributed by atoms with Gasteiger partial charge < -0.3 is 39.9 Å². The molecule has 0 heterocycles. The average Bonchev–Trinajstić information content (AvgIpc) is 3.32. The molecule has 1 aliphatic carbocycles. The molecule has 1 rings (SSSR count). The largest absolute Gasteiger partial charge is 0.472 e. The zero-order valence-electron chi connectivity index (χ0n) is 42.6. The fraction of sp³-hybridized carbons (Fsp3) is 0.800. The average molecular weight is 983 g/mol. The van der Waals surface area contributed by atoms with E-state index in [9.17, 15) is 39.8 Å². The third-order valence-electron chi connectivity index (χ3n) is 12.4. The molecule has 0 amide bonds. The van der Waals surface area contributed by atoms with Crippen LogP contribution < -0.4 is 0 Å². The SMILES string of the molecule is CC/C=C\C/C=C\C/C=C\CCCCCCCCCCOCC(COP(=O)(O)OC1C(O)C(O)C(O)C(O)C1O)OC(=O)CCCCCCCCCCCCC/C=C\C/C=C\CCCCCCC. The van der Waals surface area contributed by atoms with Crippen LogP contribution in [0.5, 0.6) is 0 Å². The van der Waals surface area contributed by atoms with E-state index in [0.29, 0.717) is 13.0 Å². The summed E-state index contributed by atoms with van der Waals surface area (Å²) in [5, 5.41) is 50.4. The third kappa shape index (κ3) is 36.0. The highest BCUT2D eigenvalue weighted by Crippen LogP contribution is 2.47. The molecular weight excluding hydrogens is 884 g/mol. The van der Waals surface area contributed by atoms with Crippen LogP contribution in [0.25, 0.3) is 0 Å². The normalized spacial score (nSPS) is 21.6. The Labute approximate surface area is 413 Å². The maximum Gasteiger partial charge on any atom is 0.472 e. The first-order valence-electron chi connectivity index (χ1n) is 27.1. The van der Waals surface area contributed by atoms with Crippen LogP contribution in [-0.4, -0.2) is 98.9 Å². The van der Waals surface area contributed by atoms with Crippen molar-refractivity contribution < 1.29 is 58.3 Å². The van der Waals surface area contributed by atoms with Crippen molar-refractivity contribution >= 4 is 13.8 Å². The van der Waals surface area contributed by atoms with Crippen molar-refractivity contribution in [1.82, 2.24) is 0 Å². The minimum atomic E-state index is -5.03. The van der Waals surface area contributed by atoms with Gasteiger partial charge >= 0.3 is 13.8 Å². The highest BCUT2D eigenvalue weighted by molar-refractivity contribution is 7.47. The molecule has 0 spiro atoms. The van der Waals surface area contributed by atoms with Crippen LogP contribution in [0.15, 0.2) is 60.8 Å². The van der Waals surface area contributed by atoms with Crippen molar-refractivity contribution in [2.75, 3.05) is 19.8 Å². The van der Waals surface area contributed by atoms with Crippen molar-refractivity contribution in [3.8, 4) is 0 Å². The minimum absolute atomic E-state index is 0.0840. The molecule has 0 saturated heterocycles. The molecule has 68 heavy (non-hydrogen) atoms. The molecule has 0 aromatic rings. The van der Waals surface area contributed by atoms with Crippen LogP contribution in [0.3, 0.4) is 0 Å². The molecule has 1 aliphatic rings. The topological polar surface area (TPSA) is 192 Å². The van der Waals surface area contributed by atoms with E-state index >= 15 is 0 Å². The molecule has 0 aromatic heterocycles. The maximum absolute atomic E-state index is 12.9. The van der Waals surface area contributed by atoms with Crippen LogP contribution in [0, 0.1) is 0 Å². The fourth-order valence-corrected chi connectivity index (χ4v) is 9.08. The summed E-state index contributed by atoms with van der Waals surface area (Å²) in [5.41, 5.74) is 0. The number of unbranched alkanes of at least 4 members (excludes halogenated alkanes) is 24. The molecule has 6 atom stereocenters. The Morgan fingerprint density at radius 1 is 0.485 bits per heavy atom. The molecule has 6 unspecified atom stereocenters. The van der Waals surface area contributed by atoms with E-state index in [0.717, 1.165) is 77.0 Å². The Hall–Kier alpha value is -1.96. The monoisotopic (exact) mass is 983 g/mol. The van der Waals surface area contributed by atoms with Crippen molar-refractivity contribution in [3.63, 3.8) is 0 Å². The Bertz CT molecular complexity index is 1350. The van der Waals surface area contributed by atoms with Gasteiger partial charge in [0.05, 0.1) is 13.2 Å². The van der Waals surface area contributed by atoms with E-state index in [2.05, 4.69) is 74.6 Å². The second kappa shape index (κ2) is 44.9. The summed E-state index contributed by atoms with van der Waals surface area (Å²) in [6.45, 7) is 4.14. The number of phosphoric ester groups is 1. The van der Waals surface area contributed by atoms with E-state index in [1.54, 1.807) is 0 Å². The number of ether oxygens (including phenoxy) is 2. The number of phosphoric acid groups is 1. The van der Waals surface area contributed by atoms with Gasteiger partial charge in [0.2, 0.25) is 0 Å². The Morgan fingerprint density at radius 2 is 0.868 bits per heavy atom. The van der Waals surface area contributed by atoms with E-state index in [4.69, 9.17) is 18.5 Å². The van der Waals surface area contributed by atoms with Gasteiger partial charge in [-0.25, -0.2) is 4.57 Å². The highest BCUT2D eigenvalue weighted by Gasteiger charge is 2.51. The van der Waals surface area contributed by atoms with Crippen LogP contribution in [0.4, 0.5) is 0 Å². The molecule has 12 nitrogen and oxygen atoms in total. The van der Waals surface area contributed by atoms with E-state index in [1.165, 1.54) is 116 Å². The number of hydrogen-bond donors (Lipinski definition) is 6. The standard InChI is InChI=1S/C55H99O12P/c1-3-5-7-9-11-13-15-17-19-21-23-24-25-26-27-28-30-32-34-36-38-40-42-44-49(56)66-48(47-65-68(62,63)67-55-53(60)51(58)50(57)52(59)54(55)61)46-64-45-43-41-39-37-35-33-31-29-22-20-18-16-14-12-10-8-6-4-2/h6,8,12,14-15,17-18,20-21,23,48,50-55,57-61H,3-5,7,9-11,13,16,19,22,24-47H2,1-2H3,(H,62,63)/b8-6-,14-12-,17-15-,20-18-,23-21-. The molecule has 0 radical (unpaired) electrons. The van der Waals surface area contributed by atoms with Gasteiger partial charge in [-0.3, -0.25) is 13.8 Å². The Kier molecular flexibility index (Phi) is 42.3. The highest BCUT2D eigenvalue weighted by atomic mass is 31.2. The molecule has 0 aromatic carbocycles. The Morgan fingerprint density at radius 3 is 1.32 bits per heavy atom. The van der Waals surface area contributed by atoms with Crippen LogP contribution in [-0.2, 0) is 27.9 Å². The molecule has 1 saturated carbocycles. The quantitative estimate of drug-likeness (QED) is 0.0147. The Balaban J connectivity index is 2.31. The number of carbonyl (C=O) groups excluding carboxylic acids is 1. The van der Waals surface area contributed by atoms with E-state index in [1.807, 2.05) is 0 Å². The number of allylic oxidation sites excluding steroid dienone is 10. The number of carbonyl (C=O) groups is 1. The molecule has 1 fully saturated rings. The number of aliphatic hydroxyl groups excluding tert-OH is 5. The maximum atomic E-state index is 12.9. The molecule has 396 valence electrons. The first kappa shape index (κ1) is 64.1. The van der Waals surface area contributed by atoms with Crippen molar-refractivity contribution in [1.29, 1.82) is 0 Å². The predicted molar refractivity (Wildman–Crippen MR) is 276 cm³/mol. The number of esters is 1. The van der Waals surface area contributed by atoms with Crippen LogP contribution in [0.2, 0.25) is 0 Å². The first-order valence-corrected chi connectivity index (χ1v) is 28.6. The van der Waals surface area contributed by atoms with Crippen molar-refractivity contribution in [2.45, 2.75) is 262 Å². The fourth-order valence-electron chi connectivity index (χ4n) is 8.11. The molecule has 0 bridgehead atoms. The van der Waals surface area contributed by atoms with Gasteiger partial charge in [0, 0.05) is 13.0 Å². The number of aliphatic hydroxyl groups is 5. The summed E-state index contributed by atoms with van der Waals surface area (Å²) >= 11 is 0. The van der Waals surface area contributed by atoms with Crippen LogP contribution in [0.1, 0.15) is 219 Å². The second-order valence-corrected chi connectivity index (χ2v) is 20.1.